The van der Waals surface area contributed by atoms with Crippen LogP contribution in [0.5, 0.6) is 0 Å². The summed E-state index contributed by atoms with van der Waals surface area (Å²) in [6.07, 6.45) is 5.29. The standard InChI is InChI=1S/C24H17N5S/c1-2-11-26-21(8-1)24-28-22(18-6-4-10-25-15-18)14-23(29-24)27-20-7-3-5-17(13-20)19-9-12-30-16-19/h1-16H,(H,27,28,29). The van der Waals surface area contributed by atoms with Crippen molar-refractivity contribution in [1.29, 1.82) is 0 Å². The van der Waals surface area contributed by atoms with E-state index in [0.717, 1.165) is 28.2 Å². The van der Waals surface area contributed by atoms with Crippen molar-refractivity contribution in [3.63, 3.8) is 0 Å². The third-order valence-electron chi connectivity index (χ3n) is 4.57. The van der Waals surface area contributed by atoms with Gasteiger partial charge in [-0.3, -0.25) is 9.97 Å². The zero-order valence-corrected chi connectivity index (χ0v) is 16.8. The predicted molar refractivity (Wildman–Crippen MR) is 122 cm³/mol. The van der Waals surface area contributed by atoms with Crippen molar-refractivity contribution in [1.82, 2.24) is 19.9 Å². The first-order chi connectivity index (χ1) is 14.8. The number of aromatic nitrogens is 4. The van der Waals surface area contributed by atoms with E-state index in [4.69, 9.17) is 9.97 Å². The third kappa shape index (κ3) is 3.94. The number of hydrogen-bond donors (Lipinski definition) is 1. The topological polar surface area (TPSA) is 63.6 Å². The van der Waals surface area contributed by atoms with Gasteiger partial charge in [0.25, 0.3) is 0 Å². The van der Waals surface area contributed by atoms with Gasteiger partial charge in [-0.15, -0.1) is 0 Å². The quantitative estimate of drug-likeness (QED) is 0.383. The summed E-state index contributed by atoms with van der Waals surface area (Å²) < 4.78 is 0. The van der Waals surface area contributed by atoms with Crippen molar-refractivity contribution in [3.8, 4) is 33.9 Å². The van der Waals surface area contributed by atoms with Gasteiger partial charge in [0.1, 0.15) is 11.5 Å². The lowest BCUT2D eigenvalue weighted by molar-refractivity contribution is 1.14. The van der Waals surface area contributed by atoms with E-state index in [-0.39, 0.29) is 0 Å². The second-order valence-electron chi connectivity index (χ2n) is 6.64. The molecule has 0 atom stereocenters. The Hall–Kier alpha value is -3.90. The van der Waals surface area contributed by atoms with Crippen LogP contribution in [-0.2, 0) is 0 Å². The molecule has 0 fully saturated rings. The minimum absolute atomic E-state index is 0.563. The summed E-state index contributed by atoms with van der Waals surface area (Å²) in [6, 6.07) is 21.9. The minimum atomic E-state index is 0.563. The number of benzene rings is 1. The van der Waals surface area contributed by atoms with Crippen molar-refractivity contribution in [3.05, 3.63) is 96.1 Å². The second-order valence-corrected chi connectivity index (χ2v) is 7.42. The molecule has 5 nitrogen and oxygen atoms in total. The van der Waals surface area contributed by atoms with E-state index < -0.39 is 0 Å². The summed E-state index contributed by atoms with van der Waals surface area (Å²) in [5, 5.41) is 7.66. The highest BCUT2D eigenvalue weighted by Gasteiger charge is 2.10. The highest BCUT2D eigenvalue weighted by molar-refractivity contribution is 7.08. The molecule has 6 heteroatoms. The number of nitrogens with zero attached hydrogens (tertiary/aromatic N) is 4. The summed E-state index contributed by atoms with van der Waals surface area (Å²) in [4.78, 5) is 18.1. The van der Waals surface area contributed by atoms with Gasteiger partial charge < -0.3 is 5.32 Å². The van der Waals surface area contributed by atoms with Gasteiger partial charge in [0, 0.05) is 35.9 Å². The van der Waals surface area contributed by atoms with Crippen molar-refractivity contribution in [2.45, 2.75) is 0 Å². The molecule has 4 aromatic heterocycles. The van der Waals surface area contributed by atoms with E-state index in [1.54, 1.807) is 29.9 Å². The molecule has 0 aliphatic rings. The molecule has 0 radical (unpaired) electrons. The Kier molecular flexibility index (Phi) is 4.98. The molecule has 0 saturated heterocycles. The molecule has 5 aromatic rings. The lowest BCUT2D eigenvalue weighted by atomic mass is 10.1. The van der Waals surface area contributed by atoms with E-state index in [1.807, 2.05) is 48.5 Å². The molecule has 0 saturated carbocycles. The SMILES string of the molecule is c1ccc(-c2nc(Nc3cccc(-c4ccsc4)c3)cc(-c3cccnc3)n2)nc1. The lowest BCUT2D eigenvalue weighted by Gasteiger charge is -2.11. The summed E-state index contributed by atoms with van der Waals surface area (Å²) >= 11 is 1.69. The van der Waals surface area contributed by atoms with E-state index in [2.05, 4.69) is 44.2 Å². The van der Waals surface area contributed by atoms with E-state index in [0.29, 0.717) is 11.6 Å². The zero-order chi connectivity index (χ0) is 20.2. The molecule has 144 valence electrons. The maximum absolute atomic E-state index is 4.72. The largest absolute Gasteiger partial charge is 0.340 e. The molecule has 4 heterocycles. The number of thiophene rings is 1. The summed E-state index contributed by atoms with van der Waals surface area (Å²) in [7, 11) is 0. The van der Waals surface area contributed by atoms with E-state index >= 15 is 0 Å². The predicted octanol–water partition coefficient (Wildman–Crippen LogP) is 6.07. The highest BCUT2D eigenvalue weighted by atomic mass is 32.1. The molecule has 1 aromatic carbocycles. The Morgan fingerprint density at radius 2 is 1.70 bits per heavy atom. The van der Waals surface area contributed by atoms with Crippen LogP contribution in [-0.4, -0.2) is 19.9 Å². The maximum Gasteiger partial charge on any atom is 0.180 e. The Balaban J connectivity index is 1.55. The fraction of sp³-hybridized carbons (Fsp3) is 0. The van der Waals surface area contributed by atoms with Gasteiger partial charge in [0.2, 0.25) is 0 Å². The molecule has 0 amide bonds. The molecule has 0 aliphatic carbocycles. The van der Waals surface area contributed by atoms with Crippen LogP contribution >= 0.6 is 11.3 Å². The minimum Gasteiger partial charge on any atom is -0.340 e. The molecule has 0 spiro atoms. The normalized spacial score (nSPS) is 10.7. The molecule has 30 heavy (non-hydrogen) atoms. The maximum atomic E-state index is 4.72. The average Bonchev–Trinajstić information content (AvgIpc) is 3.35. The molecule has 0 unspecified atom stereocenters. The van der Waals surface area contributed by atoms with Crippen molar-refractivity contribution >= 4 is 22.8 Å². The monoisotopic (exact) mass is 407 g/mol. The van der Waals surface area contributed by atoms with Crippen molar-refractivity contribution in [2.24, 2.45) is 0 Å². The van der Waals surface area contributed by atoms with Crippen LogP contribution in [0.2, 0.25) is 0 Å². The van der Waals surface area contributed by atoms with Crippen LogP contribution in [0.4, 0.5) is 11.5 Å². The van der Waals surface area contributed by atoms with Crippen LogP contribution in [0.15, 0.2) is 96.1 Å². The Bertz CT molecular complexity index is 1200. The molecule has 0 bridgehead atoms. The lowest BCUT2D eigenvalue weighted by Crippen LogP contribution is -2.00. The number of nitrogens with one attached hydrogen (secondary N) is 1. The first-order valence-corrected chi connectivity index (χ1v) is 10.4. The summed E-state index contributed by atoms with van der Waals surface area (Å²) in [6.45, 7) is 0. The summed E-state index contributed by atoms with van der Waals surface area (Å²) in [5.74, 6) is 1.26. The number of rotatable bonds is 5. The highest BCUT2D eigenvalue weighted by Crippen LogP contribution is 2.28. The Morgan fingerprint density at radius 3 is 2.50 bits per heavy atom. The van der Waals surface area contributed by atoms with Crippen LogP contribution in [0.3, 0.4) is 0 Å². The van der Waals surface area contributed by atoms with E-state index in [9.17, 15) is 0 Å². The summed E-state index contributed by atoms with van der Waals surface area (Å²) in [5.41, 5.74) is 5.76. The van der Waals surface area contributed by atoms with Crippen LogP contribution in [0, 0.1) is 0 Å². The van der Waals surface area contributed by atoms with Gasteiger partial charge in [-0.2, -0.15) is 11.3 Å². The Labute approximate surface area is 178 Å². The van der Waals surface area contributed by atoms with Crippen LogP contribution in [0.1, 0.15) is 0 Å². The van der Waals surface area contributed by atoms with E-state index in [1.165, 1.54) is 5.56 Å². The number of anilines is 2. The van der Waals surface area contributed by atoms with Gasteiger partial charge in [-0.25, -0.2) is 9.97 Å². The number of hydrogen-bond acceptors (Lipinski definition) is 6. The fourth-order valence-corrected chi connectivity index (χ4v) is 3.80. The van der Waals surface area contributed by atoms with Gasteiger partial charge >= 0.3 is 0 Å². The van der Waals surface area contributed by atoms with Gasteiger partial charge in [0.15, 0.2) is 5.82 Å². The molecular formula is C24H17N5S. The molecule has 5 rings (SSSR count). The molecule has 0 aliphatic heterocycles. The zero-order valence-electron chi connectivity index (χ0n) is 15.9. The van der Waals surface area contributed by atoms with Gasteiger partial charge in [-0.05, 0) is 64.4 Å². The van der Waals surface area contributed by atoms with Crippen molar-refractivity contribution < 1.29 is 0 Å². The second kappa shape index (κ2) is 8.23. The average molecular weight is 408 g/mol. The fourth-order valence-electron chi connectivity index (χ4n) is 3.14. The van der Waals surface area contributed by atoms with Crippen LogP contribution in [0.25, 0.3) is 33.9 Å². The van der Waals surface area contributed by atoms with Crippen LogP contribution < -0.4 is 5.32 Å². The first kappa shape index (κ1) is 18.1. The smallest absolute Gasteiger partial charge is 0.180 e. The molecular weight excluding hydrogens is 390 g/mol. The van der Waals surface area contributed by atoms with Crippen molar-refractivity contribution in [2.75, 3.05) is 5.32 Å². The van der Waals surface area contributed by atoms with Gasteiger partial charge in [-0.1, -0.05) is 18.2 Å². The first-order valence-electron chi connectivity index (χ1n) is 9.46. The Morgan fingerprint density at radius 1 is 0.733 bits per heavy atom. The number of pyridine rings is 2. The van der Waals surface area contributed by atoms with Gasteiger partial charge in [0.05, 0.1) is 5.69 Å². The third-order valence-corrected chi connectivity index (χ3v) is 5.25. The molecule has 1 N–H and O–H groups in total.